The Kier molecular flexibility index (Phi) is 2.37. The van der Waals surface area contributed by atoms with E-state index in [-0.39, 0.29) is 11.6 Å². The molecule has 0 unspecified atom stereocenters. The molecule has 0 spiro atoms. The first-order valence-corrected chi connectivity index (χ1v) is 4.45. The Balaban J connectivity index is 2.44. The van der Waals surface area contributed by atoms with Gasteiger partial charge in [0.1, 0.15) is 11.6 Å². The van der Waals surface area contributed by atoms with E-state index in [1.807, 2.05) is 0 Å². The zero-order valence-corrected chi connectivity index (χ0v) is 8.08. The van der Waals surface area contributed by atoms with Crippen LogP contribution in [0.15, 0.2) is 34.7 Å². The van der Waals surface area contributed by atoms with E-state index in [9.17, 15) is 9.18 Å². The average molecular weight is 203 g/mol. The summed E-state index contributed by atoms with van der Waals surface area (Å²) < 4.78 is 18.4. The summed E-state index contributed by atoms with van der Waals surface area (Å²) in [4.78, 5) is 10.3. The zero-order valence-electron chi connectivity index (χ0n) is 8.08. The van der Waals surface area contributed by atoms with Crippen molar-refractivity contribution in [3.63, 3.8) is 0 Å². The van der Waals surface area contributed by atoms with Crippen molar-refractivity contribution in [3.8, 4) is 11.3 Å². The second-order valence-corrected chi connectivity index (χ2v) is 3.23. The van der Waals surface area contributed by atoms with Gasteiger partial charge in [-0.2, -0.15) is 0 Å². The van der Waals surface area contributed by atoms with Gasteiger partial charge in [-0.15, -0.1) is 0 Å². The SMILES string of the molecule is Cc1ccc(-c2ccc([C]=O)o2)cc1F. The lowest BCUT2D eigenvalue weighted by Crippen LogP contribution is -1.82. The predicted molar refractivity (Wildman–Crippen MR) is 53.6 cm³/mol. The Morgan fingerprint density at radius 1 is 1.27 bits per heavy atom. The number of halogens is 1. The van der Waals surface area contributed by atoms with Crippen LogP contribution in [-0.2, 0) is 4.79 Å². The van der Waals surface area contributed by atoms with Crippen LogP contribution in [-0.4, -0.2) is 6.29 Å². The van der Waals surface area contributed by atoms with Gasteiger partial charge in [-0.1, -0.05) is 12.1 Å². The van der Waals surface area contributed by atoms with Crippen LogP contribution in [0.25, 0.3) is 11.3 Å². The highest BCUT2D eigenvalue weighted by molar-refractivity contribution is 5.73. The van der Waals surface area contributed by atoms with Crippen LogP contribution in [0.4, 0.5) is 4.39 Å². The van der Waals surface area contributed by atoms with Gasteiger partial charge in [0, 0.05) is 5.56 Å². The third-order valence-corrected chi connectivity index (χ3v) is 2.16. The summed E-state index contributed by atoms with van der Waals surface area (Å²) in [7, 11) is 0. The lowest BCUT2D eigenvalue weighted by molar-refractivity contribution is 0.524. The van der Waals surface area contributed by atoms with Crippen LogP contribution < -0.4 is 0 Å². The molecule has 0 aliphatic heterocycles. The van der Waals surface area contributed by atoms with Crippen LogP contribution in [0, 0.1) is 12.7 Å². The third-order valence-electron chi connectivity index (χ3n) is 2.16. The summed E-state index contributed by atoms with van der Waals surface area (Å²) in [5.74, 6) is 0.291. The Morgan fingerprint density at radius 3 is 2.67 bits per heavy atom. The first-order valence-electron chi connectivity index (χ1n) is 4.45. The molecule has 0 aliphatic rings. The summed E-state index contributed by atoms with van der Waals surface area (Å²) >= 11 is 0. The summed E-state index contributed by atoms with van der Waals surface area (Å²) in [5.41, 5.74) is 1.19. The lowest BCUT2D eigenvalue weighted by Gasteiger charge is -1.99. The van der Waals surface area contributed by atoms with Gasteiger partial charge in [-0.3, -0.25) is 4.79 Å². The van der Waals surface area contributed by atoms with Crippen LogP contribution in [0.3, 0.4) is 0 Å². The molecule has 0 N–H and O–H groups in total. The maximum absolute atomic E-state index is 13.2. The summed E-state index contributed by atoms with van der Waals surface area (Å²) in [6, 6.07) is 7.90. The van der Waals surface area contributed by atoms with E-state index in [1.165, 1.54) is 12.1 Å². The average Bonchev–Trinajstić information content (AvgIpc) is 2.70. The molecule has 2 nitrogen and oxygen atoms in total. The molecule has 1 heterocycles. The summed E-state index contributed by atoms with van der Waals surface area (Å²) in [6.07, 6.45) is 1.63. The highest BCUT2D eigenvalue weighted by Gasteiger charge is 2.06. The fourth-order valence-electron chi connectivity index (χ4n) is 1.29. The first-order chi connectivity index (χ1) is 7.20. The van der Waals surface area contributed by atoms with Crippen molar-refractivity contribution in [2.24, 2.45) is 0 Å². The van der Waals surface area contributed by atoms with Crippen molar-refractivity contribution in [3.05, 3.63) is 47.5 Å². The molecule has 0 saturated heterocycles. The highest BCUT2D eigenvalue weighted by Crippen LogP contribution is 2.23. The molecule has 1 radical (unpaired) electrons. The van der Waals surface area contributed by atoms with E-state index in [2.05, 4.69) is 0 Å². The molecule has 15 heavy (non-hydrogen) atoms. The predicted octanol–water partition coefficient (Wildman–Crippen LogP) is 2.85. The van der Waals surface area contributed by atoms with Gasteiger partial charge in [-0.25, -0.2) is 4.39 Å². The second kappa shape index (κ2) is 3.69. The molecule has 0 aliphatic carbocycles. The van der Waals surface area contributed by atoms with Crippen LogP contribution in [0.2, 0.25) is 0 Å². The molecule has 3 heteroatoms. The quantitative estimate of drug-likeness (QED) is 0.751. The molecule has 0 amide bonds. The number of hydrogen-bond acceptors (Lipinski definition) is 2. The van der Waals surface area contributed by atoms with Crippen molar-refractivity contribution < 1.29 is 13.6 Å². The highest BCUT2D eigenvalue weighted by atomic mass is 19.1. The van der Waals surface area contributed by atoms with Crippen molar-refractivity contribution in [2.45, 2.75) is 6.92 Å². The monoisotopic (exact) mass is 203 g/mol. The Hall–Kier alpha value is -1.90. The Morgan fingerprint density at radius 2 is 2.07 bits per heavy atom. The standard InChI is InChI=1S/C12H8FO2/c1-8-2-3-9(6-11(8)13)12-5-4-10(7-14)15-12/h2-6H,1H3. The fraction of sp³-hybridized carbons (Fsp3) is 0.0833. The molecule has 2 rings (SSSR count). The number of carbonyl (C=O) groups excluding carboxylic acids is 1. The van der Waals surface area contributed by atoms with Gasteiger partial charge in [0.05, 0.1) is 0 Å². The molecule has 1 aromatic carbocycles. The van der Waals surface area contributed by atoms with Gasteiger partial charge < -0.3 is 4.42 Å². The first kappa shape index (κ1) is 9.65. The van der Waals surface area contributed by atoms with Gasteiger partial charge in [0.2, 0.25) is 0 Å². The number of furan rings is 1. The van der Waals surface area contributed by atoms with E-state index in [1.54, 1.807) is 31.4 Å². The zero-order chi connectivity index (χ0) is 10.8. The second-order valence-electron chi connectivity index (χ2n) is 3.23. The van der Waals surface area contributed by atoms with E-state index in [0.717, 1.165) is 0 Å². The van der Waals surface area contributed by atoms with Gasteiger partial charge in [0.15, 0.2) is 5.76 Å². The number of benzene rings is 1. The van der Waals surface area contributed by atoms with Gasteiger partial charge in [0.25, 0.3) is 6.29 Å². The largest absolute Gasteiger partial charge is 0.452 e. The third kappa shape index (κ3) is 1.81. The maximum atomic E-state index is 13.2. The molecular weight excluding hydrogens is 195 g/mol. The van der Waals surface area contributed by atoms with E-state index in [4.69, 9.17) is 4.42 Å². The molecular formula is C12H8FO2. The topological polar surface area (TPSA) is 30.2 Å². The van der Waals surface area contributed by atoms with Crippen molar-refractivity contribution >= 4 is 6.29 Å². The number of rotatable bonds is 2. The van der Waals surface area contributed by atoms with Crippen LogP contribution in [0.1, 0.15) is 11.3 Å². The van der Waals surface area contributed by atoms with Crippen molar-refractivity contribution in [1.82, 2.24) is 0 Å². The normalized spacial score (nSPS) is 10.3. The smallest absolute Gasteiger partial charge is 0.271 e. The Bertz CT molecular complexity index is 500. The van der Waals surface area contributed by atoms with E-state index in [0.29, 0.717) is 16.9 Å². The Labute approximate surface area is 86.3 Å². The molecule has 0 atom stereocenters. The molecule has 2 aromatic rings. The molecule has 1 aromatic heterocycles. The van der Waals surface area contributed by atoms with E-state index < -0.39 is 0 Å². The fourth-order valence-corrected chi connectivity index (χ4v) is 1.29. The minimum Gasteiger partial charge on any atom is -0.452 e. The molecule has 0 bridgehead atoms. The molecule has 0 fully saturated rings. The van der Waals surface area contributed by atoms with Crippen molar-refractivity contribution in [2.75, 3.05) is 0 Å². The molecule has 75 valence electrons. The summed E-state index contributed by atoms with van der Waals surface area (Å²) in [6.45, 7) is 1.69. The van der Waals surface area contributed by atoms with E-state index >= 15 is 0 Å². The molecule has 0 saturated carbocycles. The van der Waals surface area contributed by atoms with Crippen LogP contribution >= 0.6 is 0 Å². The van der Waals surface area contributed by atoms with Gasteiger partial charge in [-0.05, 0) is 30.7 Å². The maximum Gasteiger partial charge on any atom is 0.271 e. The number of aryl methyl sites for hydroxylation is 1. The lowest BCUT2D eigenvalue weighted by atomic mass is 10.1. The minimum absolute atomic E-state index is 0.117. The summed E-state index contributed by atoms with van der Waals surface area (Å²) in [5, 5.41) is 0. The number of hydrogen-bond donors (Lipinski definition) is 0. The van der Waals surface area contributed by atoms with Crippen LogP contribution in [0.5, 0.6) is 0 Å². The van der Waals surface area contributed by atoms with Gasteiger partial charge >= 0.3 is 0 Å². The minimum atomic E-state index is -0.291. The van der Waals surface area contributed by atoms with Crippen molar-refractivity contribution in [1.29, 1.82) is 0 Å².